The van der Waals surface area contributed by atoms with Crippen molar-refractivity contribution in [1.29, 1.82) is 0 Å². The Morgan fingerprint density at radius 2 is 1.68 bits per heavy atom. The number of carbonyl (C=O) groups excluding carboxylic acids is 2. The van der Waals surface area contributed by atoms with Crippen molar-refractivity contribution >= 4 is 29.1 Å². The van der Waals surface area contributed by atoms with Crippen molar-refractivity contribution in [2.45, 2.75) is 19.4 Å². The molecule has 5 heteroatoms. The van der Waals surface area contributed by atoms with E-state index in [0.29, 0.717) is 16.3 Å². The van der Waals surface area contributed by atoms with Crippen molar-refractivity contribution in [3.05, 3.63) is 65.2 Å². The summed E-state index contributed by atoms with van der Waals surface area (Å²) >= 11 is 5.98. The summed E-state index contributed by atoms with van der Waals surface area (Å²) in [5.74, 6) is -0.396. The standard InChI is InChI=1S/C17H17ClN2O2/c1-12(19-17(22)13-7-3-2-4-8-13)11-16(21)20-15-10-6-5-9-14(15)18/h2-10,12H,11H2,1H3,(H,19,22)(H,20,21). The van der Waals surface area contributed by atoms with Gasteiger partial charge in [0.2, 0.25) is 5.91 Å². The van der Waals surface area contributed by atoms with Crippen LogP contribution in [-0.4, -0.2) is 17.9 Å². The molecule has 2 rings (SSSR count). The first-order chi connectivity index (χ1) is 10.6. The van der Waals surface area contributed by atoms with Crippen LogP contribution in [0.15, 0.2) is 54.6 Å². The fraction of sp³-hybridized carbons (Fsp3) is 0.176. The molecule has 2 amide bonds. The number of amides is 2. The van der Waals surface area contributed by atoms with Crippen LogP contribution in [0.25, 0.3) is 0 Å². The maximum Gasteiger partial charge on any atom is 0.251 e. The normalized spacial score (nSPS) is 11.5. The minimum atomic E-state index is -0.282. The number of benzene rings is 2. The number of anilines is 1. The second-order valence-corrected chi connectivity index (χ2v) is 5.38. The summed E-state index contributed by atoms with van der Waals surface area (Å²) in [6, 6.07) is 15.6. The highest BCUT2D eigenvalue weighted by Crippen LogP contribution is 2.20. The second-order valence-electron chi connectivity index (χ2n) is 4.97. The van der Waals surface area contributed by atoms with Crippen LogP contribution in [0, 0.1) is 0 Å². The van der Waals surface area contributed by atoms with Crippen LogP contribution in [0.1, 0.15) is 23.7 Å². The van der Waals surface area contributed by atoms with Crippen LogP contribution >= 0.6 is 11.6 Å². The smallest absolute Gasteiger partial charge is 0.251 e. The quantitative estimate of drug-likeness (QED) is 0.887. The Morgan fingerprint density at radius 1 is 1.05 bits per heavy atom. The first-order valence-electron chi connectivity index (χ1n) is 6.96. The molecule has 0 aromatic heterocycles. The number of rotatable bonds is 5. The van der Waals surface area contributed by atoms with E-state index in [1.165, 1.54) is 0 Å². The average Bonchev–Trinajstić information content (AvgIpc) is 2.50. The number of halogens is 1. The highest BCUT2D eigenvalue weighted by molar-refractivity contribution is 6.33. The fourth-order valence-electron chi connectivity index (χ4n) is 1.99. The molecule has 1 atom stereocenters. The molecule has 0 heterocycles. The van der Waals surface area contributed by atoms with Crippen LogP contribution in [0.3, 0.4) is 0 Å². The minimum Gasteiger partial charge on any atom is -0.349 e. The molecule has 0 aliphatic carbocycles. The summed E-state index contributed by atoms with van der Waals surface area (Å²) in [6.45, 7) is 1.78. The first kappa shape index (κ1) is 16.0. The third kappa shape index (κ3) is 4.60. The van der Waals surface area contributed by atoms with Crippen LogP contribution in [0.4, 0.5) is 5.69 Å². The molecule has 2 aromatic rings. The number of hydrogen-bond donors (Lipinski definition) is 2. The van der Waals surface area contributed by atoms with E-state index in [9.17, 15) is 9.59 Å². The molecular weight excluding hydrogens is 300 g/mol. The summed E-state index contributed by atoms with van der Waals surface area (Å²) in [6.07, 6.45) is 0.170. The highest BCUT2D eigenvalue weighted by Gasteiger charge is 2.13. The third-order valence-electron chi connectivity index (χ3n) is 3.05. The topological polar surface area (TPSA) is 58.2 Å². The zero-order valence-corrected chi connectivity index (χ0v) is 12.9. The second kappa shape index (κ2) is 7.61. The van der Waals surface area contributed by atoms with Crippen molar-refractivity contribution in [3.63, 3.8) is 0 Å². The molecule has 114 valence electrons. The molecule has 0 fully saturated rings. The number of para-hydroxylation sites is 1. The Hall–Kier alpha value is -2.33. The number of hydrogen-bond acceptors (Lipinski definition) is 2. The van der Waals surface area contributed by atoms with Crippen LogP contribution in [-0.2, 0) is 4.79 Å². The van der Waals surface area contributed by atoms with E-state index in [1.54, 1.807) is 55.5 Å². The van der Waals surface area contributed by atoms with Gasteiger partial charge in [0, 0.05) is 18.0 Å². The average molecular weight is 317 g/mol. The van der Waals surface area contributed by atoms with E-state index in [0.717, 1.165) is 0 Å². The van der Waals surface area contributed by atoms with Crippen molar-refractivity contribution in [2.24, 2.45) is 0 Å². The summed E-state index contributed by atoms with van der Waals surface area (Å²) in [7, 11) is 0. The van der Waals surface area contributed by atoms with E-state index in [4.69, 9.17) is 11.6 Å². The van der Waals surface area contributed by atoms with Crippen molar-refractivity contribution in [1.82, 2.24) is 5.32 Å². The maximum absolute atomic E-state index is 12.0. The molecule has 2 aromatic carbocycles. The fourth-order valence-corrected chi connectivity index (χ4v) is 2.17. The Morgan fingerprint density at radius 3 is 2.36 bits per heavy atom. The lowest BCUT2D eigenvalue weighted by Gasteiger charge is -2.14. The maximum atomic E-state index is 12.0. The summed E-state index contributed by atoms with van der Waals surface area (Å²) in [5.41, 5.74) is 1.14. The van der Waals surface area contributed by atoms with Crippen molar-refractivity contribution in [2.75, 3.05) is 5.32 Å². The van der Waals surface area contributed by atoms with E-state index < -0.39 is 0 Å². The molecular formula is C17H17ClN2O2. The van der Waals surface area contributed by atoms with Gasteiger partial charge in [-0.2, -0.15) is 0 Å². The largest absolute Gasteiger partial charge is 0.349 e. The molecule has 0 saturated heterocycles. The van der Waals surface area contributed by atoms with Gasteiger partial charge in [0.25, 0.3) is 5.91 Å². The van der Waals surface area contributed by atoms with Gasteiger partial charge in [-0.15, -0.1) is 0 Å². The summed E-state index contributed by atoms with van der Waals surface area (Å²) < 4.78 is 0. The molecule has 22 heavy (non-hydrogen) atoms. The van der Waals surface area contributed by atoms with Gasteiger partial charge < -0.3 is 10.6 Å². The number of carbonyl (C=O) groups is 2. The molecule has 2 N–H and O–H groups in total. The van der Waals surface area contributed by atoms with Gasteiger partial charge >= 0.3 is 0 Å². The lowest BCUT2D eigenvalue weighted by Crippen LogP contribution is -2.35. The molecule has 0 saturated carbocycles. The Balaban J connectivity index is 1.87. The third-order valence-corrected chi connectivity index (χ3v) is 3.38. The summed E-state index contributed by atoms with van der Waals surface area (Å²) in [5, 5.41) is 6.01. The minimum absolute atomic E-state index is 0.170. The predicted molar refractivity (Wildman–Crippen MR) is 88.1 cm³/mol. The van der Waals surface area contributed by atoms with Crippen LogP contribution in [0.2, 0.25) is 5.02 Å². The highest BCUT2D eigenvalue weighted by atomic mass is 35.5. The molecule has 1 unspecified atom stereocenters. The van der Waals surface area contributed by atoms with E-state index >= 15 is 0 Å². The monoisotopic (exact) mass is 316 g/mol. The van der Waals surface area contributed by atoms with E-state index in [-0.39, 0.29) is 24.3 Å². The molecule has 0 aliphatic heterocycles. The predicted octanol–water partition coefficient (Wildman–Crippen LogP) is 3.49. The van der Waals surface area contributed by atoms with Gasteiger partial charge in [-0.25, -0.2) is 0 Å². The van der Waals surface area contributed by atoms with Crippen molar-refractivity contribution < 1.29 is 9.59 Å². The van der Waals surface area contributed by atoms with Crippen LogP contribution < -0.4 is 10.6 Å². The lowest BCUT2D eigenvalue weighted by atomic mass is 10.1. The SMILES string of the molecule is CC(CC(=O)Nc1ccccc1Cl)NC(=O)c1ccccc1. The van der Waals surface area contributed by atoms with Gasteiger partial charge in [0.1, 0.15) is 0 Å². The molecule has 0 aliphatic rings. The van der Waals surface area contributed by atoms with Crippen molar-refractivity contribution in [3.8, 4) is 0 Å². The first-order valence-corrected chi connectivity index (χ1v) is 7.34. The summed E-state index contributed by atoms with van der Waals surface area (Å²) in [4.78, 5) is 24.0. The lowest BCUT2D eigenvalue weighted by molar-refractivity contribution is -0.116. The molecule has 4 nitrogen and oxygen atoms in total. The molecule has 0 bridgehead atoms. The van der Waals surface area contributed by atoms with E-state index in [1.807, 2.05) is 6.07 Å². The van der Waals surface area contributed by atoms with Gasteiger partial charge in [-0.3, -0.25) is 9.59 Å². The Kier molecular flexibility index (Phi) is 5.55. The van der Waals surface area contributed by atoms with Crippen LogP contribution in [0.5, 0.6) is 0 Å². The molecule has 0 spiro atoms. The van der Waals surface area contributed by atoms with Gasteiger partial charge in [0.05, 0.1) is 10.7 Å². The number of nitrogens with one attached hydrogen (secondary N) is 2. The zero-order valence-electron chi connectivity index (χ0n) is 12.2. The van der Waals surface area contributed by atoms with Gasteiger partial charge in [0.15, 0.2) is 0 Å². The Labute approximate surface area is 134 Å². The Bertz CT molecular complexity index is 659. The van der Waals surface area contributed by atoms with Gasteiger partial charge in [-0.05, 0) is 31.2 Å². The van der Waals surface area contributed by atoms with E-state index in [2.05, 4.69) is 10.6 Å². The molecule has 0 radical (unpaired) electrons. The van der Waals surface area contributed by atoms with Gasteiger partial charge in [-0.1, -0.05) is 41.9 Å². The zero-order chi connectivity index (χ0) is 15.9.